The normalized spacial score (nSPS) is 10.3. The van der Waals surface area contributed by atoms with E-state index in [0.717, 1.165) is 5.56 Å². The Morgan fingerprint density at radius 2 is 1.55 bits per heavy atom. The molecule has 0 saturated heterocycles. The Kier molecular flexibility index (Phi) is 6.03. The Morgan fingerprint density at radius 1 is 0.931 bits per heavy atom. The summed E-state index contributed by atoms with van der Waals surface area (Å²) in [5, 5.41) is 9.13. The molecule has 0 aliphatic rings. The zero-order valence-electron chi connectivity index (χ0n) is 15.9. The van der Waals surface area contributed by atoms with Gasteiger partial charge in [-0.05, 0) is 18.2 Å². The molecular formula is C21H19N3O5. The molecule has 0 bridgehead atoms. The van der Waals surface area contributed by atoms with Crippen LogP contribution in [0.3, 0.4) is 0 Å². The first kappa shape index (κ1) is 19.8. The third-order valence-corrected chi connectivity index (χ3v) is 3.78. The molecule has 0 atom stereocenters. The lowest BCUT2D eigenvalue weighted by Gasteiger charge is -2.10. The minimum Gasteiger partial charge on any atom is -0.454 e. The van der Waals surface area contributed by atoms with Gasteiger partial charge in [0, 0.05) is 36.9 Å². The van der Waals surface area contributed by atoms with Crippen molar-refractivity contribution in [3.05, 3.63) is 65.9 Å². The number of carbonyl (C=O) groups is 3. The number of carbonyl (C=O) groups excluding carboxylic acids is 3. The van der Waals surface area contributed by atoms with Gasteiger partial charge >= 0.3 is 5.97 Å². The van der Waals surface area contributed by atoms with Gasteiger partial charge in [0.1, 0.15) is 5.69 Å². The van der Waals surface area contributed by atoms with Gasteiger partial charge in [0.05, 0.1) is 5.56 Å². The molecule has 0 aliphatic heterocycles. The van der Waals surface area contributed by atoms with Gasteiger partial charge in [-0.15, -0.1) is 0 Å². The predicted octanol–water partition coefficient (Wildman–Crippen LogP) is 3.62. The van der Waals surface area contributed by atoms with Gasteiger partial charge in [0.2, 0.25) is 11.8 Å². The number of ether oxygens (including phenoxy) is 1. The molecule has 0 spiro atoms. The highest BCUT2D eigenvalue weighted by Gasteiger charge is 2.14. The molecule has 2 aromatic carbocycles. The van der Waals surface area contributed by atoms with Crippen molar-refractivity contribution >= 4 is 29.2 Å². The molecule has 0 saturated carbocycles. The molecular weight excluding hydrogens is 374 g/mol. The fourth-order valence-corrected chi connectivity index (χ4v) is 2.64. The average molecular weight is 393 g/mol. The Morgan fingerprint density at radius 3 is 2.14 bits per heavy atom. The smallest absolute Gasteiger partial charge is 0.338 e. The van der Waals surface area contributed by atoms with Gasteiger partial charge in [0.15, 0.2) is 12.4 Å². The quantitative estimate of drug-likeness (QED) is 0.619. The highest BCUT2D eigenvalue weighted by Crippen LogP contribution is 2.22. The van der Waals surface area contributed by atoms with Gasteiger partial charge in [-0.3, -0.25) is 9.59 Å². The first-order chi connectivity index (χ1) is 13.9. The SMILES string of the molecule is CC(=O)Nc1cc(NC(C)=O)cc(C(=O)OCc2cc(-c3ccccc3)no2)c1. The molecule has 8 nitrogen and oxygen atoms in total. The number of hydrogen-bond acceptors (Lipinski definition) is 6. The Hall–Kier alpha value is -3.94. The van der Waals surface area contributed by atoms with Crippen molar-refractivity contribution in [2.45, 2.75) is 20.5 Å². The van der Waals surface area contributed by atoms with Crippen LogP contribution in [-0.2, 0) is 20.9 Å². The molecule has 29 heavy (non-hydrogen) atoms. The molecule has 0 radical (unpaired) electrons. The zero-order valence-corrected chi connectivity index (χ0v) is 15.9. The van der Waals surface area contributed by atoms with Crippen LogP contribution in [0.2, 0.25) is 0 Å². The van der Waals surface area contributed by atoms with Crippen LogP contribution in [0.1, 0.15) is 30.0 Å². The van der Waals surface area contributed by atoms with Crippen molar-refractivity contribution in [2.75, 3.05) is 10.6 Å². The van der Waals surface area contributed by atoms with Crippen molar-refractivity contribution < 1.29 is 23.6 Å². The molecule has 2 amide bonds. The van der Waals surface area contributed by atoms with Gasteiger partial charge in [-0.25, -0.2) is 4.79 Å². The summed E-state index contributed by atoms with van der Waals surface area (Å²) in [5.74, 6) is -0.863. The molecule has 148 valence electrons. The Labute approximate surface area is 166 Å². The minimum atomic E-state index is -0.638. The van der Waals surface area contributed by atoms with E-state index >= 15 is 0 Å². The Balaban J connectivity index is 1.72. The maximum absolute atomic E-state index is 12.5. The van der Waals surface area contributed by atoms with Crippen molar-refractivity contribution in [3.63, 3.8) is 0 Å². The lowest BCUT2D eigenvalue weighted by molar-refractivity contribution is -0.115. The highest BCUT2D eigenvalue weighted by molar-refractivity contribution is 5.97. The van der Waals surface area contributed by atoms with E-state index in [2.05, 4.69) is 15.8 Å². The summed E-state index contributed by atoms with van der Waals surface area (Å²) in [6, 6.07) is 15.6. The maximum Gasteiger partial charge on any atom is 0.338 e. The van der Waals surface area contributed by atoms with E-state index in [1.807, 2.05) is 30.3 Å². The number of nitrogens with zero attached hydrogens (tertiary/aromatic N) is 1. The number of anilines is 2. The highest BCUT2D eigenvalue weighted by atomic mass is 16.5. The summed E-state index contributed by atoms with van der Waals surface area (Å²) in [6.45, 7) is 2.58. The van der Waals surface area contributed by atoms with E-state index in [1.54, 1.807) is 12.1 Å². The van der Waals surface area contributed by atoms with E-state index in [9.17, 15) is 14.4 Å². The first-order valence-electron chi connectivity index (χ1n) is 8.79. The van der Waals surface area contributed by atoms with E-state index in [-0.39, 0.29) is 24.0 Å². The summed E-state index contributed by atoms with van der Waals surface area (Å²) in [5.41, 5.74) is 2.42. The monoisotopic (exact) mass is 393 g/mol. The second kappa shape index (κ2) is 8.83. The predicted molar refractivity (Wildman–Crippen MR) is 106 cm³/mol. The van der Waals surface area contributed by atoms with Gasteiger partial charge in [-0.1, -0.05) is 35.5 Å². The van der Waals surface area contributed by atoms with Crippen molar-refractivity contribution in [1.82, 2.24) is 5.16 Å². The van der Waals surface area contributed by atoms with Crippen LogP contribution >= 0.6 is 0 Å². The number of rotatable bonds is 6. The third kappa shape index (κ3) is 5.52. The molecule has 1 aromatic heterocycles. The lowest BCUT2D eigenvalue weighted by atomic mass is 10.1. The molecule has 0 aliphatic carbocycles. The van der Waals surface area contributed by atoms with Crippen LogP contribution in [0.5, 0.6) is 0 Å². The van der Waals surface area contributed by atoms with Crippen LogP contribution in [0, 0.1) is 0 Å². The molecule has 0 unspecified atom stereocenters. The molecule has 3 rings (SSSR count). The van der Waals surface area contributed by atoms with Crippen LogP contribution in [0.4, 0.5) is 11.4 Å². The van der Waals surface area contributed by atoms with Gasteiger partial charge in [0.25, 0.3) is 0 Å². The largest absolute Gasteiger partial charge is 0.454 e. The number of benzene rings is 2. The number of aromatic nitrogens is 1. The molecule has 8 heteroatoms. The van der Waals surface area contributed by atoms with E-state index < -0.39 is 5.97 Å². The maximum atomic E-state index is 12.5. The van der Waals surface area contributed by atoms with Gasteiger partial charge in [-0.2, -0.15) is 0 Å². The van der Waals surface area contributed by atoms with E-state index in [0.29, 0.717) is 22.8 Å². The van der Waals surface area contributed by atoms with E-state index in [1.165, 1.54) is 26.0 Å². The van der Waals surface area contributed by atoms with E-state index in [4.69, 9.17) is 9.26 Å². The summed E-state index contributed by atoms with van der Waals surface area (Å²) in [7, 11) is 0. The molecule has 3 aromatic rings. The molecule has 2 N–H and O–H groups in total. The minimum absolute atomic E-state index is 0.113. The van der Waals surface area contributed by atoms with Crippen molar-refractivity contribution in [2.24, 2.45) is 0 Å². The topological polar surface area (TPSA) is 111 Å². The van der Waals surface area contributed by atoms with Crippen LogP contribution in [0.25, 0.3) is 11.3 Å². The average Bonchev–Trinajstić information content (AvgIpc) is 3.14. The van der Waals surface area contributed by atoms with Crippen molar-refractivity contribution in [1.29, 1.82) is 0 Å². The van der Waals surface area contributed by atoms with Crippen LogP contribution in [-0.4, -0.2) is 22.9 Å². The second-order valence-electron chi connectivity index (χ2n) is 6.28. The fraction of sp³-hybridized carbons (Fsp3) is 0.143. The number of amides is 2. The van der Waals surface area contributed by atoms with Crippen LogP contribution in [0.15, 0.2) is 59.1 Å². The van der Waals surface area contributed by atoms with Crippen LogP contribution < -0.4 is 10.6 Å². The lowest BCUT2D eigenvalue weighted by Crippen LogP contribution is -2.12. The van der Waals surface area contributed by atoms with Gasteiger partial charge < -0.3 is 19.9 Å². The summed E-state index contributed by atoms with van der Waals surface area (Å²) in [6.07, 6.45) is 0. The summed E-state index contributed by atoms with van der Waals surface area (Å²) < 4.78 is 10.5. The summed E-state index contributed by atoms with van der Waals surface area (Å²) in [4.78, 5) is 35.1. The second-order valence-corrected chi connectivity index (χ2v) is 6.28. The number of hydrogen-bond donors (Lipinski definition) is 2. The molecule has 1 heterocycles. The standard InChI is InChI=1S/C21H19N3O5/c1-13(25)22-17-8-16(9-18(10-17)23-14(2)26)21(27)28-12-19-11-20(24-29-19)15-6-4-3-5-7-15/h3-11H,12H2,1-2H3,(H,22,25)(H,23,26). The summed E-state index contributed by atoms with van der Waals surface area (Å²) >= 11 is 0. The number of nitrogens with one attached hydrogen (secondary N) is 2. The molecule has 0 fully saturated rings. The number of esters is 1. The third-order valence-electron chi connectivity index (χ3n) is 3.78. The first-order valence-corrected chi connectivity index (χ1v) is 8.79. The van der Waals surface area contributed by atoms with Crippen molar-refractivity contribution in [3.8, 4) is 11.3 Å². The Bertz CT molecular complexity index is 1010. The fourth-order valence-electron chi connectivity index (χ4n) is 2.64. The zero-order chi connectivity index (χ0) is 20.8.